The fourth-order valence-corrected chi connectivity index (χ4v) is 4.56. The van der Waals surface area contributed by atoms with Gasteiger partial charge in [-0.2, -0.15) is 10.2 Å². The molecule has 0 aliphatic heterocycles. The maximum Gasteiger partial charge on any atom is 0.275 e. The first-order valence-electron chi connectivity index (χ1n) is 10.8. The van der Waals surface area contributed by atoms with Gasteiger partial charge in [-0.3, -0.25) is 18.6 Å². The van der Waals surface area contributed by atoms with E-state index < -0.39 is 20.5 Å². The monoisotopic (exact) mass is 522 g/mol. The lowest BCUT2D eigenvalue weighted by Crippen LogP contribution is -2.33. The van der Waals surface area contributed by atoms with Crippen molar-refractivity contribution in [3.63, 3.8) is 0 Å². The van der Waals surface area contributed by atoms with E-state index in [2.05, 4.69) is 25.0 Å². The molecule has 3 aromatic rings. The number of hydrogen-bond acceptors (Lipinski definition) is 10. The van der Waals surface area contributed by atoms with Gasteiger partial charge >= 0.3 is 0 Å². The topological polar surface area (TPSA) is 182 Å². The summed E-state index contributed by atoms with van der Waals surface area (Å²) in [5.41, 5.74) is 8.26. The molecule has 0 spiro atoms. The smallest absolute Gasteiger partial charge is 0.275 e. The second-order valence-electron chi connectivity index (χ2n) is 7.81. The van der Waals surface area contributed by atoms with Gasteiger partial charge in [0, 0.05) is 29.9 Å². The molecule has 1 atom stereocenters. The van der Waals surface area contributed by atoms with Crippen LogP contribution in [0.1, 0.15) is 48.9 Å². The van der Waals surface area contributed by atoms with E-state index in [1.165, 1.54) is 28.4 Å². The van der Waals surface area contributed by atoms with Crippen LogP contribution >= 0.6 is 19.2 Å². The normalized spacial score (nSPS) is 19.8. The number of phosphoric acid groups is 1. The van der Waals surface area contributed by atoms with Crippen molar-refractivity contribution in [2.24, 2.45) is 5.73 Å². The SMILES string of the molecule is C/C=C(\N)c1nn(C2CC(OCC)C2)cc1NC(=O)c1csc(-c2cnn(COP(=O)([O-])O)c2)n1. The van der Waals surface area contributed by atoms with Crippen molar-refractivity contribution in [1.29, 1.82) is 0 Å². The van der Waals surface area contributed by atoms with Crippen LogP contribution in [-0.2, 0) is 20.6 Å². The molecule has 0 aromatic carbocycles. The van der Waals surface area contributed by atoms with Gasteiger partial charge in [0.05, 0.1) is 29.7 Å². The lowest BCUT2D eigenvalue weighted by atomic mass is 9.89. The lowest BCUT2D eigenvalue weighted by molar-refractivity contribution is -0.223. The first-order valence-corrected chi connectivity index (χ1v) is 13.1. The number of rotatable bonds is 10. The minimum Gasteiger partial charge on any atom is -0.756 e. The average molecular weight is 523 g/mol. The average Bonchev–Trinajstić information content (AvgIpc) is 3.52. The standard InChI is InChI=1S/C20H26N7O6PS/c1-3-15(21)18-16(9-27(25-18)13-5-14(6-13)32-4-2)23-19(28)17-10-35-20(24-17)12-7-22-26(8-12)11-33-34(29,30)31/h3,7-10,13-14H,4-6,11,21H2,1-2H3,(H,23,28)(H2,29,30,31)/p-1/b15-3-. The molecule has 1 aliphatic rings. The Morgan fingerprint density at radius 2 is 2.23 bits per heavy atom. The van der Waals surface area contributed by atoms with Crippen molar-refractivity contribution in [1.82, 2.24) is 24.5 Å². The van der Waals surface area contributed by atoms with Crippen molar-refractivity contribution >= 4 is 36.5 Å². The van der Waals surface area contributed by atoms with Crippen LogP contribution in [0.5, 0.6) is 0 Å². The number of amides is 1. The van der Waals surface area contributed by atoms with E-state index in [0.717, 1.165) is 12.8 Å². The summed E-state index contributed by atoms with van der Waals surface area (Å²) in [4.78, 5) is 36.7. The number of ether oxygens (including phenoxy) is 1. The van der Waals surface area contributed by atoms with Gasteiger partial charge in [-0.05, 0) is 26.7 Å². The third-order valence-corrected chi connectivity index (χ3v) is 6.71. The Morgan fingerprint density at radius 3 is 2.91 bits per heavy atom. The molecule has 1 amide bonds. The minimum atomic E-state index is -4.86. The highest BCUT2D eigenvalue weighted by molar-refractivity contribution is 7.44. The number of nitrogens with one attached hydrogen (secondary N) is 1. The van der Waals surface area contributed by atoms with Gasteiger partial charge in [-0.1, -0.05) is 6.08 Å². The molecule has 0 bridgehead atoms. The summed E-state index contributed by atoms with van der Waals surface area (Å²) in [6, 6.07) is 0.174. The van der Waals surface area contributed by atoms with Crippen LogP contribution in [0.25, 0.3) is 16.3 Å². The van der Waals surface area contributed by atoms with E-state index in [4.69, 9.17) is 15.4 Å². The molecular formula is C20H25N7O6PS-. The van der Waals surface area contributed by atoms with Crippen molar-refractivity contribution < 1.29 is 28.4 Å². The first kappa shape index (κ1) is 25.2. The molecule has 1 fully saturated rings. The Kier molecular flexibility index (Phi) is 7.50. The summed E-state index contributed by atoms with van der Waals surface area (Å²) < 4.78 is 23.7. The summed E-state index contributed by atoms with van der Waals surface area (Å²) in [6.07, 6.45) is 8.32. The summed E-state index contributed by atoms with van der Waals surface area (Å²) in [5.74, 6) is -0.429. The number of allylic oxidation sites excluding steroid dienone is 1. The molecule has 0 radical (unpaired) electrons. The molecule has 1 unspecified atom stereocenters. The van der Waals surface area contributed by atoms with Gasteiger partial charge in [0.15, 0.2) is 0 Å². The van der Waals surface area contributed by atoms with Crippen LogP contribution in [0.3, 0.4) is 0 Å². The van der Waals surface area contributed by atoms with E-state index in [1.54, 1.807) is 24.6 Å². The van der Waals surface area contributed by atoms with E-state index in [9.17, 15) is 14.3 Å². The largest absolute Gasteiger partial charge is 0.756 e. The molecule has 35 heavy (non-hydrogen) atoms. The van der Waals surface area contributed by atoms with Crippen LogP contribution in [0.15, 0.2) is 30.0 Å². The van der Waals surface area contributed by atoms with Gasteiger partial charge in [0.1, 0.15) is 23.1 Å². The number of hydrogen-bond donors (Lipinski definition) is 3. The number of aromatic nitrogens is 5. The molecule has 13 nitrogen and oxygen atoms in total. The third kappa shape index (κ3) is 6.04. The Labute approximate surface area is 204 Å². The number of anilines is 1. The van der Waals surface area contributed by atoms with E-state index >= 15 is 0 Å². The zero-order chi connectivity index (χ0) is 25.2. The highest BCUT2D eigenvalue weighted by Crippen LogP contribution is 2.36. The van der Waals surface area contributed by atoms with E-state index in [-0.39, 0.29) is 17.8 Å². The maximum absolute atomic E-state index is 12.9. The molecule has 1 saturated carbocycles. The maximum atomic E-state index is 12.9. The van der Waals surface area contributed by atoms with E-state index in [0.29, 0.717) is 34.3 Å². The Bertz CT molecular complexity index is 1270. The molecule has 188 valence electrons. The molecule has 4 N–H and O–H groups in total. The Hall–Kier alpha value is -2.87. The van der Waals surface area contributed by atoms with Gasteiger partial charge in [0.2, 0.25) is 0 Å². The Balaban J connectivity index is 1.46. The van der Waals surface area contributed by atoms with Crippen LogP contribution in [0.4, 0.5) is 5.69 Å². The highest BCUT2D eigenvalue weighted by Gasteiger charge is 2.32. The van der Waals surface area contributed by atoms with Gasteiger partial charge in [-0.25, -0.2) is 9.67 Å². The molecule has 4 rings (SSSR count). The summed E-state index contributed by atoms with van der Waals surface area (Å²) in [5, 5.41) is 13.5. The van der Waals surface area contributed by atoms with Crippen LogP contribution in [0.2, 0.25) is 0 Å². The van der Waals surface area contributed by atoms with Crippen LogP contribution in [0, 0.1) is 0 Å². The molecular weight excluding hydrogens is 497 g/mol. The fraction of sp³-hybridized carbons (Fsp3) is 0.400. The minimum absolute atomic E-state index is 0.174. The first-order chi connectivity index (χ1) is 16.7. The number of thiazole rings is 1. The van der Waals surface area contributed by atoms with Gasteiger partial charge in [0.25, 0.3) is 13.7 Å². The molecule has 0 saturated heterocycles. The molecule has 3 aromatic heterocycles. The summed E-state index contributed by atoms with van der Waals surface area (Å²) >= 11 is 1.22. The van der Waals surface area contributed by atoms with Gasteiger partial charge < -0.3 is 25.6 Å². The van der Waals surface area contributed by atoms with Gasteiger partial charge in [-0.15, -0.1) is 11.3 Å². The zero-order valence-corrected chi connectivity index (χ0v) is 20.7. The number of phosphoric ester groups is 1. The van der Waals surface area contributed by atoms with Crippen LogP contribution < -0.4 is 15.9 Å². The predicted octanol–water partition coefficient (Wildman–Crippen LogP) is 1.95. The highest BCUT2D eigenvalue weighted by atomic mass is 32.1. The number of carbonyl (C=O) groups is 1. The molecule has 1 aliphatic carbocycles. The summed E-state index contributed by atoms with van der Waals surface area (Å²) in [7, 11) is -4.86. The molecule has 3 heterocycles. The van der Waals surface area contributed by atoms with E-state index in [1.807, 2.05) is 11.6 Å². The van der Waals surface area contributed by atoms with Crippen molar-refractivity contribution in [3.05, 3.63) is 41.4 Å². The quantitative estimate of drug-likeness (QED) is 0.333. The fourth-order valence-electron chi connectivity index (χ4n) is 3.52. The summed E-state index contributed by atoms with van der Waals surface area (Å²) in [6.45, 7) is 3.95. The second kappa shape index (κ2) is 10.4. The zero-order valence-electron chi connectivity index (χ0n) is 19.0. The van der Waals surface area contributed by atoms with Crippen molar-refractivity contribution in [2.45, 2.75) is 45.6 Å². The molecule has 15 heteroatoms. The number of nitrogens with two attached hydrogens (primary N) is 1. The van der Waals surface area contributed by atoms with Crippen molar-refractivity contribution in [2.75, 3.05) is 11.9 Å². The lowest BCUT2D eigenvalue weighted by Gasteiger charge is -2.34. The van der Waals surface area contributed by atoms with Crippen LogP contribution in [-0.4, -0.2) is 48.1 Å². The number of nitrogens with zero attached hydrogens (tertiary/aromatic N) is 5. The second-order valence-corrected chi connectivity index (χ2v) is 9.86. The predicted molar refractivity (Wildman–Crippen MR) is 126 cm³/mol. The number of carbonyl (C=O) groups excluding carboxylic acids is 1. The third-order valence-electron chi connectivity index (χ3n) is 5.38. The van der Waals surface area contributed by atoms with Crippen molar-refractivity contribution in [3.8, 4) is 10.6 Å². The Morgan fingerprint density at radius 1 is 1.46 bits per heavy atom.